The lowest BCUT2D eigenvalue weighted by Gasteiger charge is -2.26. The molecule has 0 saturated carbocycles. The predicted octanol–water partition coefficient (Wildman–Crippen LogP) is 3.69. The number of likely N-dealkylation sites (tertiary alicyclic amines) is 1. The van der Waals surface area contributed by atoms with Crippen molar-refractivity contribution < 1.29 is 14.3 Å². The van der Waals surface area contributed by atoms with Crippen LogP contribution in [0.25, 0.3) is 33.5 Å². The van der Waals surface area contributed by atoms with Crippen LogP contribution in [0, 0.1) is 11.8 Å². The molecule has 222 valence electrons. The van der Waals surface area contributed by atoms with Crippen LogP contribution in [0.4, 0.5) is 10.7 Å². The van der Waals surface area contributed by atoms with Crippen molar-refractivity contribution in [3.05, 3.63) is 35.0 Å². The number of hydrogen-bond donors (Lipinski definition) is 0. The minimum absolute atomic E-state index is 0.0709. The number of nitrogens with zero attached hydrogens (tertiary/aromatic N) is 8. The smallest absolute Gasteiger partial charge is 0.410 e. The Morgan fingerprint density at radius 1 is 1.00 bits per heavy atom. The molecule has 3 atom stereocenters. The summed E-state index contributed by atoms with van der Waals surface area (Å²) in [6, 6.07) is 5.98. The van der Waals surface area contributed by atoms with Crippen molar-refractivity contribution in [1.29, 1.82) is 0 Å². The van der Waals surface area contributed by atoms with Gasteiger partial charge in [-0.25, -0.2) is 19.6 Å². The van der Waals surface area contributed by atoms with E-state index in [9.17, 15) is 9.59 Å². The second-order valence-corrected chi connectivity index (χ2v) is 12.9. The molecule has 1 aromatic carbocycles. The van der Waals surface area contributed by atoms with Crippen LogP contribution in [0.3, 0.4) is 0 Å². The Labute approximate surface area is 243 Å². The maximum atomic E-state index is 12.7. The van der Waals surface area contributed by atoms with Crippen LogP contribution in [0.15, 0.2) is 29.3 Å². The molecule has 42 heavy (non-hydrogen) atoms. The number of benzene rings is 1. The molecular weight excluding hydrogens is 536 g/mol. The van der Waals surface area contributed by atoms with Gasteiger partial charge < -0.3 is 19.3 Å². The third-order valence-electron chi connectivity index (χ3n) is 8.84. The Balaban J connectivity index is 1.26. The SMILES string of the molecule is Cn1c(=O)n(C)c2cc(-c3nc(N4CC5CN(C(=O)OC(C)(C)C)CC5C4)nc4c3ncn4C3CCCCO3)ccc21. The minimum atomic E-state index is -0.513. The second-order valence-electron chi connectivity index (χ2n) is 12.9. The first-order valence-electron chi connectivity index (χ1n) is 14.8. The summed E-state index contributed by atoms with van der Waals surface area (Å²) in [6.07, 6.45) is 4.52. The Morgan fingerprint density at radius 2 is 1.74 bits per heavy atom. The van der Waals surface area contributed by atoms with Crippen LogP contribution >= 0.6 is 0 Å². The molecule has 6 heterocycles. The van der Waals surface area contributed by atoms with E-state index in [4.69, 9.17) is 24.4 Å². The van der Waals surface area contributed by atoms with Crippen LogP contribution in [0.5, 0.6) is 0 Å². The summed E-state index contributed by atoms with van der Waals surface area (Å²) in [5.74, 6) is 1.29. The largest absolute Gasteiger partial charge is 0.444 e. The Morgan fingerprint density at radius 3 is 2.43 bits per heavy atom. The molecule has 3 aliphatic heterocycles. The number of carbonyl (C=O) groups is 1. The van der Waals surface area contributed by atoms with E-state index in [1.54, 1.807) is 23.2 Å². The van der Waals surface area contributed by atoms with Gasteiger partial charge in [-0.15, -0.1) is 0 Å². The molecule has 3 fully saturated rings. The fraction of sp³-hybridized carbons (Fsp3) is 0.567. The highest BCUT2D eigenvalue weighted by Crippen LogP contribution is 2.37. The van der Waals surface area contributed by atoms with Gasteiger partial charge in [-0.2, -0.15) is 4.98 Å². The molecule has 1 amide bonds. The number of anilines is 1. The molecule has 0 spiro atoms. The van der Waals surface area contributed by atoms with E-state index in [1.165, 1.54) is 0 Å². The second kappa shape index (κ2) is 9.82. The van der Waals surface area contributed by atoms with Crippen LogP contribution in [-0.4, -0.2) is 78.0 Å². The zero-order valence-corrected chi connectivity index (χ0v) is 24.9. The Bertz CT molecular complexity index is 1730. The first-order chi connectivity index (χ1) is 20.1. The van der Waals surface area contributed by atoms with Crippen molar-refractivity contribution in [3.63, 3.8) is 0 Å². The molecule has 0 bridgehead atoms. The summed E-state index contributed by atoms with van der Waals surface area (Å²) in [4.78, 5) is 44.4. The maximum absolute atomic E-state index is 12.7. The zero-order valence-electron chi connectivity index (χ0n) is 24.9. The summed E-state index contributed by atoms with van der Waals surface area (Å²) in [6.45, 7) is 9.25. The molecule has 0 N–H and O–H groups in total. The molecule has 3 saturated heterocycles. The summed E-state index contributed by atoms with van der Waals surface area (Å²) < 4.78 is 17.1. The normalized spacial score (nSPS) is 22.8. The highest BCUT2D eigenvalue weighted by molar-refractivity contribution is 5.92. The van der Waals surface area contributed by atoms with Crippen molar-refractivity contribution in [2.45, 2.75) is 51.9 Å². The van der Waals surface area contributed by atoms with Crippen molar-refractivity contribution in [2.24, 2.45) is 25.9 Å². The van der Waals surface area contributed by atoms with E-state index >= 15 is 0 Å². The Kier molecular flexibility index (Phi) is 6.30. The van der Waals surface area contributed by atoms with E-state index in [0.717, 1.165) is 66.9 Å². The number of aryl methyl sites for hydroxylation is 2. The number of imidazole rings is 2. The van der Waals surface area contributed by atoms with Gasteiger partial charge in [0.15, 0.2) is 5.65 Å². The fourth-order valence-corrected chi connectivity index (χ4v) is 6.69. The minimum Gasteiger partial charge on any atom is -0.444 e. The number of fused-ring (bicyclic) bond motifs is 3. The molecule has 4 aromatic rings. The molecule has 3 aromatic heterocycles. The van der Waals surface area contributed by atoms with Crippen LogP contribution in [0.1, 0.15) is 46.3 Å². The van der Waals surface area contributed by atoms with E-state index in [1.807, 2.05) is 54.8 Å². The predicted molar refractivity (Wildman–Crippen MR) is 158 cm³/mol. The lowest BCUT2D eigenvalue weighted by molar-refractivity contribution is -0.0298. The van der Waals surface area contributed by atoms with Gasteiger partial charge in [0, 0.05) is 64.3 Å². The van der Waals surface area contributed by atoms with Gasteiger partial charge in [0.2, 0.25) is 5.95 Å². The van der Waals surface area contributed by atoms with E-state index in [-0.39, 0.29) is 18.0 Å². The summed E-state index contributed by atoms with van der Waals surface area (Å²) in [7, 11) is 3.57. The first-order valence-corrected chi connectivity index (χ1v) is 14.8. The number of hydrogen-bond acceptors (Lipinski definition) is 8. The Hall–Kier alpha value is -3.93. The summed E-state index contributed by atoms with van der Waals surface area (Å²) in [5.41, 5.74) is 4.18. The number of amides is 1. The lowest BCUT2D eigenvalue weighted by Crippen LogP contribution is -2.37. The molecule has 7 rings (SSSR count). The van der Waals surface area contributed by atoms with Gasteiger partial charge in [-0.3, -0.25) is 13.7 Å². The van der Waals surface area contributed by atoms with Gasteiger partial charge in [0.1, 0.15) is 23.0 Å². The van der Waals surface area contributed by atoms with Gasteiger partial charge >= 0.3 is 11.8 Å². The van der Waals surface area contributed by atoms with E-state index < -0.39 is 5.60 Å². The topological polar surface area (TPSA) is 113 Å². The maximum Gasteiger partial charge on any atom is 0.410 e. The highest BCUT2D eigenvalue weighted by Gasteiger charge is 2.43. The molecule has 3 unspecified atom stereocenters. The lowest BCUT2D eigenvalue weighted by atomic mass is 10.0. The summed E-state index contributed by atoms with van der Waals surface area (Å²) >= 11 is 0. The van der Waals surface area contributed by atoms with Gasteiger partial charge in [-0.05, 0) is 52.2 Å². The summed E-state index contributed by atoms with van der Waals surface area (Å²) in [5, 5.41) is 0. The highest BCUT2D eigenvalue weighted by atomic mass is 16.6. The molecule has 12 nitrogen and oxygen atoms in total. The third-order valence-corrected chi connectivity index (χ3v) is 8.84. The van der Waals surface area contributed by atoms with Crippen LogP contribution in [-0.2, 0) is 23.6 Å². The van der Waals surface area contributed by atoms with Gasteiger partial charge in [0.25, 0.3) is 0 Å². The molecule has 12 heteroatoms. The van der Waals surface area contributed by atoms with Crippen molar-refractivity contribution in [2.75, 3.05) is 37.7 Å². The monoisotopic (exact) mass is 574 g/mol. The number of carbonyl (C=O) groups excluding carboxylic acids is 1. The van der Waals surface area contributed by atoms with Crippen molar-refractivity contribution in [3.8, 4) is 11.3 Å². The standard InChI is InChI=1S/C30H38N8O4/c1-30(2,3)42-29(40)37-15-19-13-36(14-20(19)16-37)27-32-24(18-9-10-21-22(12-18)35(5)28(39)34(21)4)25-26(33-27)38(17-31-25)23-8-6-7-11-41-23/h9-10,12,17,19-20,23H,6-8,11,13-16H2,1-5H3. The fourth-order valence-electron chi connectivity index (χ4n) is 6.69. The van der Waals surface area contributed by atoms with Crippen LogP contribution < -0.4 is 10.6 Å². The quantitative estimate of drug-likeness (QED) is 0.364. The van der Waals surface area contributed by atoms with Gasteiger partial charge in [-0.1, -0.05) is 6.07 Å². The molecular formula is C30H38N8O4. The van der Waals surface area contributed by atoms with Gasteiger partial charge in [0.05, 0.1) is 17.4 Å². The van der Waals surface area contributed by atoms with E-state index in [2.05, 4.69) is 4.90 Å². The average Bonchev–Trinajstić information content (AvgIpc) is 3.71. The number of ether oxygens (including phenoxy) is 2. The average molecular weight is 575 g/mol. The first kappa shape index (κ1) is 26.9. The third kappa shape index (κ3) is 4.52. The van der Waals surface area contributed by atoms with Crippen molar-refractivity contribution >= 4 is 34.2 Å². The molecule has 3 aliphatic rings. The van der Waals surface area contributed by atoms with Crippen molar-refractivity contribution in [1.82, 2.24) is 33.6 Å². The molecule has 0 radical (unpaired) electrons. The van der Waals surface area contributed by atoms with Crippen LogP contribution in [0.2, 0.25) is 0 Å². The molecule has 0 aliphatic carbocycles. The number of aromatic nitrogens is 6. The zero-order chi connectivity index (χ0) is 29.3. The number of rotatable bonds is 3. The van der Waals surface area contributed by atoms with E-state index in [0.29, 0.717) is 36.4 Å².